The molecular weight excluding hydrogens is 465 g/mol. The third kappa shape index (κ3) is 6.12. The van der Waals surface area contributed by atoms with E-state index in [1.54, 1.807) is 6.92 Å². The Morgan fingerprint density at radius 1 is 1.09 bits per heavy atom. The van der Waals surface area contributed by atoms with Gasteiger partial charge < -0.3 is 4.90 Å². The summed E-state index contributed by atoms with van der Waals surface area (Å²) in [5.74, 6) is -1.39. The Hall–Kier alpha value is -2.89. The summed E-state index contributed by atoms with van der Waals surface area (Å²) in [6.07, 6.45) is 0.559. The smallest absolute Gasteiger partial charge is 0.244 e. The van der Waals surface area contributed by atoms with E-state index >= 15 is 0 Å². The van der Waals surface area contributed by atoms with Crippen molar-refractivity contribution in [3.63, 3.8) is 0 Å². The number of nitrogens with one attached hydrogen (secondary N) is 2. The Kier molecular flexibility index (Phi) is 7.77. The van der Waals surface area contributed by atoms with Crippen LogP contribution in [0.2, 0.25) is 0 Å². The summed E-state index contributed by atoms with van der Waals surface area (Å²) in [6, 6.07) is 11.1. The number of hydrogen-bond donors (Lipinski definition) is 2. The highest BCUT2D eigenvalue weighted by Gasteiger charge is 2.30. The van der Waals surface area contributed by atoms with Crippen molar-refractivity contribution in [2.24, 2.45) is 5.92 Å². The standard InChI is InChI=1S/C22H26FN5O3S2/c1-5-14(2)19(27-33(30,31)18-12-8-16(23)9-13-18)20(29)24-22-26-25-21(32-22)15-6-10-17(11-7-15)28(3)4/h6-14,19,27H,5H2,1-4H3,(H,24,26,29). The molecule has 2 atom stereocenters. The first-order chi connectivity index (χ1) is 15.6. The quantitative estimate of drug-likeness (QED) is 0.473. The molecule has 0 saturated carbocycles. The van der Waals surface area contributed by atoms with E-state index in [0.29, 0.717) is 11.4 Å². The first-order valence-corrected chi connectivity index (χ1v) is 12.6. The number of benzene rings is 2. The summed E-state index contributed by atoms with van der Waals surface area (Å²) < 4.78 is 41.1. The van der Waals surface area contributed by atoms with Gasteiger partial charge in [-0.15, -0.1) is 10.2 Å². The van der Waals surface area contributed by atoms with Crippen molar-refractivity contribution in [1.82, 2.24) is 14.9 Å². The van der Waals surface area contributed by atoms with E-state index in [-0.39, 0.29) is 15.9 Å². The zero-order valence-corrected chi connectivity index (χ0v) is 20.4. The fraction of sp³-hybridized carbons (Fsp3) is 0.318. The lowest BCUT2D eigenvalue weighted by molar-refractivity contribution is -0.118. The van der Waals surface area contributed by atoms with Crippen LogP contribution in [0.25, 0.3) is 10.6 Å². The van der Waals surface area contributed by atoms with Gasteiger partial charge in [0, 0.05) is 25.3 Å². The topological polar surface area (TPSA) is 104 Å². The van der Waals surface area contributed by atoms with Crippen molar-refractivity contribution < 1.29 is 17.6 Å². The van der Waals surface area contributed by atoms with Gasteiger partial charge in [0.05, 0.1) is 4.90 Å². The molecule has 0 aliphatic carbocycles. The minimum absolute atomic E-state index is 0.121. The number of aromatic nitrogens is 2. The fourth-order valence-electron chi connectivity index (χ4n) is 2.99. The number of carbonyl (C=O) groups is 1. The maximum absolute atomic E-state index is 13.2. The summed E-state index contributed by atoms with van der Waals surface area (Å²) in [5.41, 5.74) is 1.90. The van der Waals surface area contributed by atoms with Crippen LogP contribution in [0.3, 0.4) is 0 Å². The highest BCUT2D eigenvalue weighted by molar-refractivity contribution is 7.89. The lowest BCUT2D eigenvalue weighted by Gasteiger charge is -2.22. The molecule has 2 unspecified atom stereocenters. The van der Waals surface area contributed by atoms with E-state index in [4.69, 9.17) is 0 Å². The Balaban J connectivity index is 1.76. The third-order valence-corrected chi connectivity index (χ3v) is 7.53. The predicted molar refractivity (Wildman–Crippen MR) is 128 cm³/mol. The lowest BCUT2D eigenvalue weighted by atomic mass is 9.99. The SMILES string of the molecule is CCC(C)C(NS(=O)(=O)c1ccc(F)cc1)C(=O)Nc1nnc(-c2ccc(N(C)C)cc2)s1. The molecule has 0 fully saturated rings. The molecule has 2 aromatic carbocycles. The molecule has 1 aromatic heterocycles. The maximum atomic E-state index is 13.2. The van der Waals surface area contributed by atoms with Gasteiger partial charge in [-0.1, -0.05) is 31.6 Å². The summed E-state index contributed by atoms with van der Waals surface area (Å²) in [7, 11) is -0.132. The van der Waals surface area contributed by atoms with E-state index in [1.807, 2.05) is 50.2 Å². The number of rotatable bonds is 9. The molecule has 0 aliphatic heterocycles. The van der Waals surface area contributed by atoms with Gasteiger partial charge >= 0.3 is 0 Å². The van der Waals surface area contributed by atoms with Crippen LogP contribution in [0.5, 0.6) is 0 Å². The van der Waals surface area contributed by atoms with Crippen LogP contribution in [-0.2, 0) is 14.8 Å². The number of sulfonamides is 1. The molecule has 0 spiro atoms. The second kappa shape index (κ2) is 10.4. The van der Waals surface area contributed by atoms with Crippen molar-refractivity contribution in [2.45, 2.75) is 31.2 Å². The minimum atomic E-state index is -4.03. The van der Waals surface area contributed by atoms with E-state index in [2.05, 4.69) is 20.2 Å². The Labute approximate surface area is 196 Å². The van der Waals surface area contributed by atoms with Crippen molar-refractivity contribution in [3.05, 3.63) is 54.3 Å². The second-order valence-corrected chi connectivity index (χ2v) is 10.5. The highest BCUT2D eigenvalue weighted by atomic mass is 32.2. The number of carbonyl (C=O) groups excluding carboxylic acids is 1. The first-order valence-electron chi connectivity index (χ1n) is 10.3. The lowest BCUT2D eigenvalue weighted by Crippen LogP contribution is -2.47. The van der Waals surface area contributed by atoms with Crippen LogP contribution in [0.4, 0.5) is 15.2 Å². The Morgan fingerprint density at radius 2 is 1.73 bits per heavy atom. The molecule has 33 heavy (non-hydrogen) atoms. The molecule has 0 saturated heterocycles. The van der Waals surface area contributed by atoms with Crippen LogP contribution in [0, 0.1) is 11.7 Å². The van der Waals surface area contributed by atoms with Gasteiger partial charge in [0.25, 0.3) is 0 Å². The number of hydrogen-bond acceptors (Lipinski definition) is 7. The number of anilines is 2. The minimum Gasteiger partial charge on any atom is -0.378 e. The van der Waals surface area contributed by atoms with Crippen LogP contribution >= 0.6 is 11.3 Å². The van der Waals surface area contributed by atoms with E-state index in [0.717, 1.165) is 35.5 Å². The van der Waals surface area contributed by atoms with Gasteiger partial charge in [0.2, 0.25) is 21.1 Å². The fourth-order valence-corrected chi connectivity index (χ4v) is 5.04. The van der Waals surface area contributed by atoms with E-state index in [9.17, 15) is 17.6 Å². The average Bonchev–Trinajstić information content (AvgIpc) is 3.25. The average molecular weight is 492 g/mol. The summed E-state index contributed by atoms with van der Waals surface area (Å²) in [6.45, 7) is 3.63. The van der Waals surface area contributed by atoms with Gasteiger partial charge in [-0.25, -0.2) is 12.8 Å². The molecule has 11 heteroatoms. The highest BCUT2D eigenvalue weighted by Crippen LogP contribution is 2.28. The Morgan fingerprint density at radius 3 is 2.30 bits per heavy atom. The first kappa shape index (κ1) is 24.7. The molecule has 8 nitrogen and oxygen atoms in total. The Bertz CT molecular complexity index is 1200. The predicted octanol–water partition coefficient (Wildman–Crippen LogP) is 3.74. The van der Waals surface area contributed by atoms with E-state index < -0.39 is 27.8 Å². The van der Waals surface area contributed by atoms with Crippen molar-refractivity contribution >= 4 is 38.1 Å². The monoisotopic (exact) mass is 491 g/mol. The summed E-state index contributed by atoms with van der Waals surface area (Å²) in [5, 5.41) is 11.7. The molecule has 2 N–H and O–H groups in total. The molecule has 176 valence electrons. The maximum Gasteiger partial charge on any atom is 0.244 e. The van der Waals surface area contributed by atoms with Gasteiger partial charge in [-0.2, -0.15) is 4.72 Å². The van der Waals surface area contributed by atoms with Gasteiger partial charge in [-0.3, -0.25) is 10.1 Å². The van der Waals surface area contributed by atoms with E-state index in [1.165, 1.54) is 11.3 Å². The number of amides is 1. The van der Waals surface area contributed by atoms with Gasteiger partial charge in [-0.05, 0) is 54.4 Å². The van der Waals surface area contributed by atoms with Gasteiger partial charge in [0.15, 0.2) is 0 Å². The summed E-state index contributed by atoms with van der Waals surface area (Å²) in [4.78, 5) is 14.8. The van der Waals surface area contributed by atoms with Crippen LogP contribution in [0.15, 0.2) is 53.4 Å². The molecule has 0 bridgehead atoms. The van der Waals surface area contributed by atoms with Gasteiger partial charge in [0.1, 0.15) is 16.9 Å². The third-order valence-electron chi connectivity index (χ3n) is 5.19. The molecule has 1 heterocycles. The molecule has 3 rings (SSSR count). The zero-order valence-electron chi connectivity index (χ0n) is 18.7. The molecule has 0 radical (unpaired) electrons. The van der Waals surface area contributed by atoms with Crippen LogP contribution in [-0.4, -0.2) is 44.7 Å². The van der Waals surface area contributed by atoms with Crippen LogP contribution in [0.1, 0.15) is 20.3 Å². The van der Waals surface area contributed by atoms with Crippen molar-refractivity contribution in [1.29, 1.82) is 0 Å². The molecule has 3 aromatic rings. The molecule has 0 aliphatic rings. The molecular formula is C22H26FN5O3S2. The number of halogens is 1. The second-order valence-electron chi connectivity index (χ2n) is 7.78. The normalized spacial score (nSPS) is 13.4. The largest absolute Gasteiger partial charge is 0.378 e. The van der Waals surface area contributed by atoms with Crippen molar-refractivity contribution in [3.8, 4) is 10.6 Å². The summed E-state index contributed by atoms with van der Waals surface area (Å²) >= 11 is 1.19. The molecule has 1 amide bonds. The van der Waals surface area contributed by atoms with Crippen LogP contribution < -0.4 is 14.9 Å². The van der Waals surface area contributed by atoms with Crippen molar-refractivity contribution in [2.75, 3.05) is 24.3 Å². The number of nitrogens with zero attached hydrogens (tertiary/aromatic N) is 3. The zero-order chi connectivity index (χ0) is 24.2.